The van der Waals surface area contributed by atoms with Gasteiger partial charge >= 0.3 is 0 Å². The zero-order valence-corrected chi connectivity index (χ0v) is 16.9. The molecule has 28 heavy (non-hydrogen) atoms. The molecular formula is C20H26ClN5O2. The first-order valence-corrected chi connectivity index (χ1v) is 9.82. The number of nitrogens with zero attached hydrogens (tertiary/aromatic N) is 3. The average molecular weight is 404 g/mol. The molecule has 1 aromatic carbocycles. The molecule has 1 fully saturated rings. The van der Waals surface area contributed by atoms with Crippen molar-refractivity contribution in [2.24, 2.45) is 0 Å². The second-order valence-electron chi connectivity index (χ2n) is 7.14. The summed E-state index contributed by atoms with van der Waals surface area (Å²) in [5, 5.41) is 7.04. The Morgan fingerprint density at radius 1 is 1.21 bits per heavy atom. The number of halogens is 1. The van der Waals surface area contributed by atoms with E-state index in [9.17, 15) is 4.79 Å². The monoisotopic (exact) mass is 403 g/mol. The number of hydrogen-bond donors (Lipinski definition) is 2. The largest absolute Gasteiger partial charge is 0.484 e. The van der Waals surface area contributed by atoms with Crippen LogP contribution < -0.4 is 20.3 Å². The predicted molar refractivity (Wildman–Crippen MR) is 111 cm³/mol. The van der Waals surface area contributed by atoms with Crippen LogP contribution in [0.3, 0.4) is 0 Å². The summed E-state index contributed by atoms with van der Waals surface area (Å²) >= 11 is 5.91. The van der Waals surface area contributed by atoms with Crippen LogP contribution >= 0.6 is 11.6 Å². The van der Waals surface area contributed by atoms with Gasteiger partial charge in [0, 0.05) is 37.4 Å². The number of aromatic nitrogens is 2. The van der Waals surface area contributed by atoms with Crippen molar-refractivity contribution in [2.75, 3.05) is 30.9 Å². The smallest absolute Gasteiger partial charge is 0.258 e. The first kappa shape index (κ1) is 20.2. The van der Waals surface area contributed by atoms with Crippen molar-refractivity contribution in [1.82, 2.24) is 15.3 Å². The number of amides is 1. The minimum Gasteiger partial charge on any atom is -0.484 e. The topological polar surface area (TPSA) is 79.4 Å². The second kappa shape index (κ2) is 9.59. The average Bonchev–Trinajstić information content (AvgIpc) is 2.68. The lowest BCUT2D eigenvalue weighted by molar-refractivity contribution is -0.124. The third-order valence-electron chi connectivity index (χ3n) is 4.69. The maximum Gasteiger partial charge on any atom is 0.258 e. The maximum atomic E-state index is 12.1. The number of anilines is 2. The molecular weight excluding hydrogens is 378 g/mol. The van der Waals surface area contributed by atoms with Crippen LogP contribution in [0.2, 0.25) is 5.02 Å². The van der Waals surface area contributed by atoms with Gasteiger partial charge < -0.3 is 20.3 Å². The van der Waals surface area contributed by atoms with Gasteiger partial charge in [-0.15, -0.1) is 0 Å². The summed E-state index contributed by atoms with van der Waals surface area (Å²) in [6, 6.07) is 9.40. The number of rotatable bonds is 7. The molecule has 0 aliphatic heterocycles. The molecule has 1 aromatic heterocycles. The van der Waals surface area contributed by atoms with Crippen LogP contribution in [0.15, 0.2) is 36.5 Å². The molecule has 3 rings (SSSR count). The molecule has 1 amide bonds. The summed E-state index contributed by atoms with van der Waals surface area (Å²) in [7, 11) is 3.91. The molecule has 2 aromatic rings. The second-order valence-corrected chi connectivity index (χ2v) is 7.58. The summed E-state index contributed by atoms with van der Waals surface area (Å²) in [6.45, 7) is -0.0102. The molecule has 1 saturated carbocycles. The molecule has 1 heterocycles. The van der Waals surface area contributed by atoms with E-state index in [1.165, 1.54) is 0 Å². The molecule has 150 valence electrons. The van der Waals surface area contributed by atoms with Crippen LogP contribution in [0, 0.1) is 0 Å². The third-order valence-corrected chi connectivity index (χ3v) is 4.93. The van der Waals surface area contributed by atoms with E-state index < -0.39 is 0 Å². The van der Waals surface area contributed by atoms with Crippen molar-refractivity contribution in [1.29, 1.82) is 0 Å². The van der Waals surface area contributed by atoms with Gasteiger partial charge in [0.2, 0.25) is 5.95 Å². The normalized spacial score (nSPS) is 19.0. The fraction of sp³-hybridized carbons (Fsp3) is 0.450. The van der Waals surface area contributed by atoms with E-state index in [2.05, 4.69) is 20.6 Å². The van der Waals surface area contributed by atoms with Crippen LogP contribution in [-0.4, -0.2) is 48.7 Å². The van der Waals surface area contributed by atoms with Crippen LogP contribution in [0.25, 0.3) is 0 Å². The zero-order valence-electron chi connectivity index (χ0n) is 16.2. The van der Waals surface area contributed by atoms with Crippen molar-refractivity contribution in [3.63, 3.8) is 0 Å². The molecule has 1 aliphatic carbocycles. The lowest BCUT2D eigenvalue weighted by atomic mass is 9.91. The van der Waals surface area contributed by atoms with E-state index in [0.717, 1.165) is 31.5 Å². The van der Waals surface area contributed by atoms with Crippen LogP contribution in [0.1, 0.15) is 25.7 Å². The van der Waals surface area contributed by atoms with E-state index in [0.29, 0.717) is 22.8 Å². The summed E-state index contributed by atoms with van der Waals surface area (Å²) in [5.74, 6) is 2.00. The number of carbonyl (C=O) groups excluding carboxylic acids is 1. The number of ether oxygens (including phenoxy) is 1. The van der Waals surface area contributed by atoms with Gasteiger partial charge in [0.15, 0.2) is 6.61 Å². The van der Waals surface area contributed by atoms with Crippen molar-refractivity contribution in [3.05, 3.63) is 41.6 Å². The van der Waals surface area contributed by atoms with Gasteiger partial charge in [0.1, 0.15) is 11.6 Å². The minimum absolute atomic E-state index is 0.0102. The highest BCUT2D eigenvalue weighted by molar-refractivity contribution is 6.30. The number of nitrogens with one attached hydrogen (secondary N) is 2. The fourth-order valence-corrected chi connectivity index (χ4v) is 3.39. The number of carbonyl (C=O) groups is 1. The lowest BCUT2D eigenvalue weighted by Gasteiger charge is -2.29. The van der Waals surface area contributed by atoms with Gasteiger partial charge in [-0.2, -0.15) is 4.98 Å². The van der Waals surface area contributed by atoms with Gasteiger partial charge in [-0.25, -0.2) is 4.98 Å². The highest BCUT2D eigenvalue weighted by Crippen LogP contribution is 2.22. The number of benzene rings is 1. The summed E-state index contributed by atoms with van der Waals surface area (Å²) < 4.78 is 5.49. The minimum atomic E-state index is -0.113. The van der Waals surface area contributed by atoms with Gasteiger partial charge in [-0.3, -0.25) is 4.79 Å². The van der Waals surface area contributed by atoms with Crippen molar-refractivity contribution < 1.29 is 9.53 Å². The van der Waals surface area contributed by atoms with Gasteiger partial charge in [0.05, 0.1) is 0 Å². The van der Waals surface area contributed by atoms with Crippen molar-refractivity contribution in [3.8, 4) is 5.75 Å². The third kappa shape index (κ3) is 5.99. The lowest BCUT2D eigenvalue weighted by Crippen LogP contribution is -2.42. The molecule has 0 saturated heterocycles. The van der Waals surface area contributed by atoms with E-state index in [1.807, 2.05) is 25.1 Å². The SMILES string of the molecule is CN(C)c1ccnc(N[C@H]2CC[C@@H](NC(=O)COc3cccc(Cl)c3)CC2)n1. The Labute approximate surface area is 170 Å². The molecule has 1 aliphatic rings. The Kier molecular flexibility index (Phi) is 6.92. The van der Waals surface area contributed by atoms with Crippen LogP contribution in [0.4, 0.5) is 11.8 Å². The molecule has 0 unspecified atom stereocenters. The van der Waals surface area contributed by atoms with Crippen molar-refractivity contribution in [2.45, 2.75) is 37.8 Å². The fourth-order valence-electron chi connectivity index (χ4n) is 3.21. The number of hydrogen-bond acceptors (Lipinski definition) is 6. The Balaban J connectivity index is 1.40. The van der Waals surface area contributed by atoms with Crippen molar-refractivity contribution >= 4 is 29.3 Å². The molecule has 0 bridgehead atoms. The van der Waals surface area contributed by atoms with E-state index in [1.54, 1.807) is 30.5 Å². The first-order valence-electron chi connectivity index (χ1n) is 9.44. The zero-order chi connectivity index (χ0) is 19.9. The molecule has 7 nitrogen and oxygen atoms in total. The van der Waals surface area contributed by atoms with Gasteiger partial charge in [-0.05, 0) is 49.9 Å². The maximum absolute atomic E-state index is 12.1. The molecule has 0 radical (unpaired) electrons. The Morgan fingerprint density at radius 3 is 2.68 bits per heavy atom. The summed E-state index contributed by atoms with van der Waals surface area (Å²) in [6.07, 6.45) is 5.49. The quantitative estimate of drug-likeness (QED) is 0.739. The Morgan fingerprint density at radius 2 is 1.96 bits per heavy atom. The Bertz CT molecular complexity index is 794. The van der Waals surface area contributed by atoms with Gasteiger partial charge in [0.25, 0.3) is 5.91 Å². The molecule has 8 heteroatoms. The summed E-state index contributed by atoms with van der Waals surface area (Å²) in [5.41, 5.74) is 0. The van der Waals surface area contributed by atoms with E-state index in [4.69, 9.17) is 16.3 Å². The van der Waals surface area contributed by atoms with E-state index in [-0.39, 0.29) is 18.6 Å². The first-order chi connectivity index (χ1) is 13.5. The predicted octanol–water partition coefficient (Wildman–Crippen LogP) is 3.11. The highest BCUT2D eigenvalue weighted by Gasteiger charge is 2.23. The molecule has 2 N–H and O–H groups in total. The van der Waals surface area contributed by atoms with Crippen LogP contribution in [-0.2, 0) is 4.79 Å². The summed E-state index contributed by atoms with van der Waals surface area (Å²) in [4.78, 5) is 22.9. The molecule has 0 spiro atoms. The van der Waals surface area contributed by atoms with Gasteiger partial charge in [-0.1, -0.05) is 17.7 Å². The van der Waals surface area contributed by atoms with E-state index >= 15 is 0 Å². The standard InChI is InChI=1S/C20H26ClN5O2/c1-26(2)18-10-11-22-20(25-18)24-16-8-6-15(7-9-16)23-19(27)13-28-17-5-3-4-14(21)12-17/h3-5,10-12,15-16H,6-9,13H2,1-2H3,(H,23,27)(H,22,24,25)/t15-,16+. The molecule has 0 atom stereocenters. The van der Waals surface area contributed by atoms with Crippen LogP contribution in [0.5, 0.6) is 5.75 Å². The highest BCUT2D eigenvalue weighted by atomic mass is 35.5. The Hall–Kier alpha value is -2.54.